The summed E-state index contributed by atoms with van der Waals surface area (Å²) in [5, 5.41) is 10.4. The van der Waals surface area contributed by atoms with Crippen molar-refractivity contribution in [3.05, 3.63) is 12.2 Å². The molecule has 0 amide bonds. The smallest absolute Gasteiger partial charge is 0.0710 e. The number of aliphatic hydroxyl groups is 1. The van der Waals surface area contributed by atoms with Crippen LogP contribution in [0.1, 0.15) is 51.4 Å². The van der Waals surface area contributed by atoms with Crippen LogP contribution in [-0.4, -0.2) is 10.7 Å². The van der Waals surface area contributed by atoms with Crippen molar-refractivity contribution < 1.29 is 5.11 Å². The molecular formula is C12H20O. The lowest BCUT2D eigenvalue weighted by atomic mass is 9.72. The standard InChI is InChI=1S/C12H20O/c13-12(9-5-2-6-10-12)11-7-3-1-4-8-11/h3,7,11,13H,1-2,4-6,8-10H2. The van der Waals surface area contributed by atoms with Crippen molar-refractivity contribution in [3.8, 4) is 0 Å². The fourth-order valence-corrected chi connectivity index (χ4v) is 2.79. The van der Waals surface area contributed by atoms with E-state index in [1.807, 2.05) is 0 Å². The van der Waals surface area contributed by atoms with E-state index in [-0.39, 0.29) is 5.60 Å². The zero-order valence-corrected chi connectivity index (χ0v) is 8.34. The molecule has 0 aromatic carbocycles. The topological polar surface area (TPSA) is 20.2 Å². The van der Waals surface area contributed by atoms with E-state index in [4.69, 9.17) is 0 Å². The Morgan fingerprint density at radius 3 is 2.46 bits per heavy atom. The Kier molecular flexibility index (Phi) is 2.73. The minimum absolute atomic E-state index is 0.338. The highest BCUT2D eigenvalue weighted by atomic mass is 16.3. The zero-order chi connectivity index (χ0) is 9.15. The van der Waals surface area contributed by atoms with Gasteiger partial charge in [0.05, 0.1) is 5.60 Å². The van der Waals surface area contributed by atoms with Crippen LogP contribution in [-0.2, 0) is 0 Å². The Bertz CT molecular complexity index is 189. The van der Waals surface area contributed by atoms with Gasteiger partial charge in [-0.1, -0.05) is 31.4 Å². The molecule has 0 aromatic heterocycles. The molecule has 0 heterocycles. The molecule has 2 aliphatic carbocycles. The zero-order valence-electron chi connectivity index (χ0n) is 8.34. The molecule has 0 aromatic rings. The van der Waals surface area contributed by atoms with Gasteiger partial charge in [-0.05, 0) is 32.1 Å². The molecule has 74 valence electrons. The van der Waals surface area contributed by atoms with E-state index in [2.05, 4.69) is 12.2 Å². The predicted molar refractivity (Wildman–Crippen MR) is 54.5 cm³/mol. The molecule has 1 nitrogen and oxygen atoms in total. The summed E-state index contributed by atoms with van der Waals surface area (Å²) in [5.41, 5.74) is -0.338. The fraction of sp³-hybridized carbons (Fsp3) is 0.833. The molecule has 1 heteroatoms. The van der Waals surface area contributed by atoms with Crippen LogP contribution in [0.2, 0.25) is 0 Å². The summed E-state index contributed by atoms with van der Waals surface area (Å²) >= 11 is 0. The summed E-state index contributed by atoms with van der Waals surface area (Å²) < 4.78 is 0. The van der Waals surface area contributed by atoms with Gasteiger partial charge in [-0.3, -0.25) is 0 Å². The predicted octanol–water partition coefficient (Wildman–Crippen LogP) is 3.04. The Balaban J connectivity index is 2.03. The van der Waals surface area contributed by atoms with Crippen LogP contribution < -0.4 is 0 Å². The maximum atomic E-state index is 10.4. The Hall–Kier alpha value is -0.300. The molecule has 2 aliphatic rings. The quantitative estimate of drug-likeness (QED) is 0.615. The van der Waals surface area contributed by atoms with E-state index >= 15 is 0 Å². The first-order chi connectivity index (χ1) is 6.31. The molecular weight excluding hydrogens is 160 g/mol. The van der Waals surface area contributed by atoms with Crippen LogP contribution in [0.5, 0.6) is 0 Å². The van der Waals surface area contributed by atoms with Gasteiger partial charge < -0.3 is 5.11 Å². The number of allylic oxidation sites excluding steroid dienone is 1. The maximum absolute atomic E-state index is 10.4. The fourth-order valence-electron chi connectivity index (χ4n) is 2.79. The molecule has 2 rings (SSSR count). The van der Waals surface area contributed by atoms with Crippen molar-refractivity contribution in [1.82, 2.24) is 0 Å². The first kappa shape index (κ1) is 9.26. The largest absolute Gasteiger partial charge is 0.389 e. The normalized spacial score (nSPS) is 33.2. The van der Waals surface area contributed by atoms with Gasteiger partial charge in [0.25, 0.3) is 0 Å². The van der Waals surface area contributed by atoms with E-state index in [1.165, 1.54) is 38.5 Å². The summed E-state index contributed by atoms with van der Waals surface area (Å²) in [4.78, 5) is 0. The molecule has 1 saturated carbocycles. The van der Waals surface area contributed by atoms with E-state index < -0.39 is 0 Å². The highest BCUT2D eigenvalue weighted by molar-refractivity contribution is 5.03. The average Bonchev–Trinajstić information content (AvgIpc) is 2.20. The van der Waals surface area contributed by atoms with Gasteiger partial charge in [-0.25, -0.2) is 0 Å². The summed E-state index contributed by atoms with van der Waals surface area (Å²) in [5.74, 6) is 0.460. The van der Waals surface area contributed by atoms with Crippen molar-refractivity contribution in [2.24, 2.45) is 5.92 Å². The van der Waals surface area contributed by atoms with Gasteiger partial charge in [0.1, 0.15) is 0 Å². The lowest BCUT2D eigenvalue weighted by Gasteiger charge is -2.39. The summed E-state index contributed by atoms with van der Waals surface area (Å²) in [6.45, 7) is 0. The minimum atomic E-state index is -0.338. The molecule has 0 aliphatic heterocycles. The molecule has 1 N–H and O–H groups in total. The van der Waals surface area contributed by atoms with Crippen LogP contribution in [0.25, 0.3) is 0 Å². The lowest BCUT2D eigenvalue weighted by Crippen LogP contribution is -2.39. The molecule has 1 atom stereocenters. The summed E-state index contributed by atoms with van der Waals surface area (Å²) in [6.07, 6.45) is 14.0. The van der Waals surface area contributed by atoms with Crippen molar-refractivity contribution in [2.45, 2.75) is 57.0 Å². The van der Waals surface area contributed by atoms with Crippen LogP contribution in [0.15, 0.2) is 12.2 Å². The maximum Gasteiger partial charge on any atom is 0.0710 e. The first-order valence-electron chi connectivity index (χ1n) is 5.70. The van der Waals surface area contributed by atoms with Crippen LogP contribution >= 0.6 is 0 Å². The van der Waals surface area contributed by atoms with Crippen molar-refractivity contribution in [1.29, 1.82) is 0 Å². The SMILES string of the molecule is OC1(C2C=CCCC2)CCCCC1. The van der Waals surface area contributed by atoms with Crippen LogP contribution in [0.3, 0.4) is 0 Å². The second-order valence-corrected chi connectivity index (χ2v) is 4.63. The molecule has 0 saturated heterocycles. The molecule has 0 spiro atoms. The third-order valence-corrected chi connectivity index (χ3v) is 3.66. The summed E-state index contributed by atoms with van der Waals surface area (Å²) in [7, 11) is 0. The monoisotopic (exact) mass is 180 g/mol. The van der Waals surface area contributed by atoms with Gasteiger partial charge >= 0.3 is 0 Å². The Morgan fingerprint density at radius 2 is 1.85 bits per heavy atom. The summed E-state index contributed by atoms with van der Waals surface area (Å²) in [6, 6.07) is 0. The van der Waals surface area contributed by atoms with Gasteiger partial charge in [0, 0.05) is 5.92 Å². The van der Waals surface area contributed by atoms with Crippen molar-refractivity contribution in [3.63, 3.8) is 0 Å². The minimum Gasteiger partial charge on any atom is -0.389 e. The lowest BCUT2D eigenvalue weighted by molar-refractivity contribution is -0.0372. The average molecular weight is 180 g/mol. The van der Waals surface area contributed by atoms with Crippen LogP contribution in [0.4, 0.5) is 0 Å². The first-order valence-corrected chi connectivity index (χ1v) is 5.70. The highest BCUT2D eigenvalue weighted by Gasteiger charge is 2.36. The van der Waals surface area contributed by atoms with Gasteiger partial charge in [-0.2, -0.15) is 0 Å². The number of rotatable bonds is 1. The van der Waals surface area contributed by atoms with E-state index in [0.717, 1.165) is 12.8 Å². The van der Waals surface area contributed by atoms with Gasteiger partial charge in [0.15, 0.2) is 0 Å². The molecule has 0 radical (unpaired) electrons. The number of hydrogen-bond donors (Lipinski definition) is 1. The van der Waals surface area contributed by atoms with E-state index in [0.29, 0.717) is 5.92 Å². The third kappa shape index (κ3) is 1.96. The van der Waals surface area contributed by atoms with Gasteiger partial charge in [-0.15, -0.1) is 0 Å². The molecule has 13 heavy (non-hydrogen) atoms. The Labute approximate surface area is 80.8 Å². The number of hydrogen-bond acceptors (Lipinski definition) is 1. The van der Waals surface area contributed by atoms with E-state index in [1.54, 1.807) is 0 Å². The van der Waals surface area contributed by atoms with Crippen molar-refractivity contribution in [2.75, 3.05) is 0 Å². The second kappa shape index (κ2) is 3.83. The second-order valence-electron chi connectivity index (χ2n) is 4.63. The Morgan fingerprint density at radius 1 is 1.08 bits per heavy atom. The molecule has 0 bridgehead atoms. The molecule has 1 fully saturated rings. The highest BCUT2D eigenvalue weighted by Crippen LogP contribution is 2.38. The van der Waals surface area contributed by atoms with E-state index in [9.17, 15) is 5.11 Å². The van der Waals surface area contributed by atoms with Crippen LogP contribution in [0, 0.1) is 5.92 Å². The molecule has 1 unspecified atom stereocenters. The van der Waals surface area contributed by atoms with Crippen molar-refractivity contribution >= 4 is 0 Å². The van der Waals surface area contributed by atoms with Gasteiger partial charge in [0.2, 0.25) is 0 Å². The third-order valence-electron chi connectivity index (χ3n) is 3.66.